The van der Waals surface area contributed by atoms with Crippen molar-refractivity contribution in [2.75, 3.05) is 17.8 Å². The molecule has 0 spiro atoms. The molecule has 0 bridgehead atoms. The molecule has 3 aromatic rings. The van der Waals surface area contributed by atoms with Crippen LogP contribution in [0.5, 0.6) is 0 Å². The van der Waals surface area contributed by atoms with Gasteiger partial charge in [-0.05, 0) is 55.9 Å². The molecule has 1 saturated carbocycles. The van der Waals surface area contributed by atoms with Crippen LogP contribution in [0.1, 0.15) is 48.9 Å². The fourth-order valence-electron chi connectivity index (χ4n) is 3.66. The van der Waals surface area contributed by atoms with Crippen LogP contribution in [0.25, 0.3) is 11.0 Å². The van der Waals surface area contributed by atoms with E-state index >= 15 is 4.39 Å². The molecule has 1 amide bonds. The molecule has 0 radical (unpaired) electrons. The third-order valence-corrected chi connectivity index (χ3v) is 6.83. The van der Waals surface area contributed by atoms with Crippen LogP contribution in [-0.4, -0.2) is 27.9 Å². The first-order chi connectivity index (χ1) is 16.5. The van der Waals surface area contributed by atoms with Gasteiger partial charge in [0.1, 0.15) is 5.52 Å². The van der Waals surface area contributed by atoms with E-state index in [1.54, 1.807) is 30.6 Å². The molecule has 1 fully saturated rings. The van der Waals surface area contributed by atoms with Crippen LogP contribution in [-0.2, 0) is 11.4 Å². The molecule has 2 N–H and O–H groups in total. The van der Waals surface area contributed by atoms with Crippen molar-refractivity contribution < 1.29 is 14.0 Å². The molecule has 34 heavy (non-hydrogen) atoms. The molecule has 1 aliphatic rings. The minimum absolute atomic E-state index is 0.00314. The lowest BCUT2D eigenvalue weighted by Gasteiger charge is -2.16. The van der Waals surface area contributed by atoms with Crippen molar-refractivity contribution in [3.8, 4) is 0 Å². The number of aryl methyl sites for hydroxylation is 1. The number of imidazole rings is 1. The maximum absolute atomic E-state index is 15.7. The summed E-state index contributed by atoms with van der Waals surface area (Å²) in [5, 5.41) is 3.37. The second kappa shape index (κ2) is 11.7. The Bertz CT molecular complexity index is 1170. The summed E-state index contributed by atoms with van der Waals surface area (Å²) >= 11 is 15.4. The highest BCUT2D eigenvalue weighted by Crippen LogP contribution is 2.34. The third kappa shape index (κ3) is 6.22. The molecule has 0 saturated heterocycles. The summed E-state index contributed by atoms with van der Waals surface area (Å²) in [6.45, 7) is 1.11. The minimum Gasteiger partial charge on any atom is -0.351 e. The van der Waals surface area contributed by atoms with Crippen LogP contribution in [0.3, 0.4) is 0 Å². The Morgan fingerprint density at radius 3 is 2.76 bits per heavy atom. The number of amides is 1. The first-order valence-corrected chi connectivity index (χ1v) is 13.1. The number of rotatable bonds is 12. The van der Waals surface area contributed by atoms with Crippen LogP contribution in [0.15, 0.2) is 35.1 Å². The third-order valence-electron chi connectivity index (χ3n) is 5.75. The topological polar surface area (TPSA) is 68.2 Å². The van der Waals surface area contributed by atoms with Gasteiger partial charge in [-0.2, -0.15) is 0 Å². The van der Waals surface area contributed by atoms with Gasteiger partial charge in [0, 0.05) is 16.9 Å². The lowest BCUT2D eigenvalue weighted by Crippen LogP contribution is -2.26. The molecule has 0 aliphatic heterocycles. The van der Waals surface area contributed by atoms with Crippen molar-refractivity contribution in [2.45, 2.75) is 45.1 Å². The molecule has 6 nitrogen and oxygen atoms in total. The van der Waals surface area contributed by atoms with E-state index in [1.807, 2.05) is 4.57 Å². The molecule has 4 rings (SSSR count). The summed E-state index contributed by atoms with van der Waals surface area (Å²) in [5.41, 5.74) is 3.78. The molecule has 10 heteroatoms. The summed E-state index contributed by atoms with van der Waals surface area (Å²) in [4.78, 5) is 22.7. The summed E-state index contributed by atoms with van der Waals surface area (Å²) in [6.07, 6.45) is 7.73. The van der Waals surface area contributed by atoms with Crippen LogP contribution >= 0.6 is 39.1 Å². The van der Waals surface area contributed by atoms with Crippen LogP contribution in [0.4, 0.5) is 15.8 Å². The van der Waals surface area contributed by atoms with E-state index in [0.29, 0.717) is 41.2 Å². The molecule has 1 heterocycles. The van der Waals surface area contributed by atoms with Crippen molar-refractivity contribution in [2.24, 2.45) is 5.92 Å². The number of hydrogen-bond acceptors (Lipinski definition) is 4. The maximum Gasteiger partial charge on any atom is 0.277 e. The number of hydroxylamine groups is 1. The predicted octanol–water partition coefficient (Wildman–Crippen LogP) is 7.21. The highest BCUT2D eigenvalue weighted by atomic mass is 79.9. The number of alkyl halides is 1. The predicted molar refractivity (Wildman–Crippen MR) is 137 cm³/mol. The summed E-state index contributed by atoms with van der Waals surface area (Å²) < 4.78 is 18.4. The molecule has 0 atom stereocenters. The van der Waals surface area contributed by atoms with E-state index in [1.165, 1.54) is 0 Å². The van der Waals surface area contributed by atoms with E-state index in [2.05, 4.69) is 31.7 Å². The van der Waals surface area contributed by atoms with E-state index in [-0.39, 0.29) is 16.8 Å². The van der Waals surface area contributed by atoms with Crippen LogP contribution < -0.4 is 10.8 Å². The molecule has 1 aliphatic carbocycles. The normalized spacial score (nSPS) is 13.4. The average molecular weight is 572 g/mol. The number of halogens is 4. The van der Waals surface area contributed by atoms with Gasteiger partial charge in [-0.25, -0.2) is 14.9 Å². The number of fused-ring (bicyclic) bond motifs is 1. The average Bonchev–Trinajstić information content (AvgIpc) is 3.55. The Kier molecular flexibility index (Phi) is 8.69. The second-order valence-electron chi connectivity index (χ2n) is 8.46. The monoisotopic (exact) mass is 570 g/mol. The van der Waals surface area contributed by atoms with Gasteiger partial charge in [0.2, 0.25) is 0 Å². The Morgan fingerprint density at radius 1 is 1.24 bits per heavy atom. The first-order valence-electron chi connectivity index (χ1n) is 11.4. The van der Waals surface area contributed by atoms with Gasteiger partial charge in [-0.1, -0.05) is 40.4 Å². The number of anilines is 2. The Balaban J connectivity index is 1.64. The van der Waals surface area contributed by atoms with E-state index in [4.69, 9.17) is 28.0 Å². The standard InChI is InChI=1S/C24H26BrCl2FN4O2/c25-16-7-8-19(18(27)11-16)30-22-17(24(33)31-34-13-15-5-6-15)12-20-23(21(22)28)29-14-32(20)10-4-2-1-3-9-26/h7-8,11-12,14-15,30H,1-6,9-10,13H2,(H,31,33). The molecule has 182 valence electrons. The zero-order valence-corrected chi connectivity index (χ0v) is 21.6. The second-order valence-corrected chi connectivity index (χ2v) is 10.2. The van der Waals surface area contributed by atoms with Crippen molar-refractivity contribution >= 4 is 67.4 Å². The number of unbranched alkanes of at least 4 members (excludes halogenated alkanes) is 3. The largest absolute Gasteiger partial charge is 0.351 e. The Labute approximate surface area is 216 Å². The molecule has 0 unspecified atom stereocenters. The maximum atomic E-state index is 15.7. The van der Waals surface area contributed by atoms with Crippen LogP contribution in [0, 0.1) is 11.7 Å². The Morgan fingerprint density at radius 2 is 2.03 bits per heavy atom. The number of nitrogens with zero attached hydrogens (tertiary/aromatic N) is 2. The summed E-state index contributed by atoms with van der Waals surface area (Å²) in [5.74, 6) is -0.0331. The highest BCUT2D eigenvalue weighted by molar-refractivity contribution is 9.10. The molecule has 2 aromatic carbocycles. The van der Waals surface area contributed by atoms with Crippen molar-refractivity contribution in [3.05, 3.63) is 51.5 Å². The lowest BCUT2D eigenvalue weighted by atomic mass is 10.1. The number of carbonyl (C=O) groups excluding carboxylic acids is 1. The van der Waals surface area contributed by atoms with E-state index < -0.39 is 11.7 Å². The van der Waals surface area contributed by atoms with Gasteiger partial charge in [-0.15, -0.1) is 11.6 Å². The highest BCUT2D eigenvalue weighted by Gasteiger charge is 2.25. The molecule has 1 aromatic heterocycles. The van der Waals surface area contributed by atoms with Crippen molar-refractivity contribution in [1.29, 1.82) is 0 Å². The fourth-order valence-corrected chi connectivity index (χ4v) is 4.57. The fraction of sp³-hybridized carbons (Fsp3) is 0.417. The lowest BCUT2D eigenvalue weighted by molar-refractivity contribution is 0.0271. The van der Waals surface area contributed by atoms with Crippen LogP contribution in [0.2, 0.25) is 5.02 Å². The number of aromatic nitrogens is 2. The van der Waals surface area contributed by atoms with Crippen molar-refractivity contribution in [1.82, 2.24) is 15.0 Å². The zero-order chi connectivity index (χ0) is 24.1. The Hall–Kier alpha value is -1.87. The zero-order valence-electron chi connectivity index (χ0n) is 18.6. The van der Waals surface area contributed by atoms with Gasteiger partial charge in [0.05, 0.1) is 40.4 Å². The summed E-state index contributed by atoms with van der Waals surface area (Å²) in [7, 11) is 0. The summed E-state index contributed by atoms with van der Waals surface area (Å²) in [6, 6.07) is 6.83. The number of hydrogen-bond donors (Lipinski definition) is 2. The quantitative estimate of drug-likeness (QED) is 0.137. The van der Waals surface area contributed by atoms with Crippen molar-refractivity contribution in [3.63, 3.8) is 0 Å². The number of nitrogens with one attached hydrogen (secondary N) is 2. The molecular formula is C24H26BrCl2FN4O2. The van der Waals surface area contributed by atoms with Gasteiger partial charge in [0.15, 0.2) is 5.82 Å². The van der Waals surface area contributed by atoms with Gasteiger partial charge in [0.25, 0.3) is 5.91 Å². The molecular weight excluding hydrogens is 546 g/mol. The SMILES string of the molecule is O=C(NOCC1CC1)c1cc2c(ncn2CCCCCCCl)c(F)c1Nc1ccc(Br)cc1Cl. The van der Waals surface area contributed by atoms with Gasteiger partial charge in [-0.3, -0.25) is 9.63 Å². The number of benzene rings is 2. The minimum atomic E-state index is -0.621. The van der Waals surface area contributed by atoms with Gasteiger partial charge < -0.3 is 9.88 Å². The number of carbonyl (C=O) groups is 1. The van der Waals surface area contributed by atoms with E-state index in [0.717, 1.165) is 43.0 Å². The van der Waals surface area contributed by atoms with E-state index in [9.17, 15) is 4.79 Å². The first kappa shape index (κ1) is 25.2. The smallest absolute Gasteiger partial charge is 0.277 e. The van der Waals surface area contributed by atoms with Gasteiger partial charge >= 0.3 is 0 Å².